The summed E-state index contributed by atoms with van der Waals surface area (Å²) in [4.78, 5) is 102. The van der Waals surface area contributed by atoms with Crippen LogP contribution >= 0.6 is 0 Å². The van der Waals surface area contributed by atoms with Crippen LogP contribution in [0.25, 0.3) is 0 Å². The highest BCUT2D eigenvalue weighted by Gasteiger charge is 2.59. The topological polar surface area (TPSA) is 247 Å². The molecule has 2 heterocycles. The highest BCUT2D eigenvalue weighted by atomic mass is 28.4. The number of hydrogen-bond acceptors (Lipinski definition) is 20. The highest BCUT2D eigenvalue weighted by Crippen LogP contribution is 2.39. The van der Waals surface area contributed by atoms with Crippen LogP contribution in [-0.2, 0) is 94.6 Å². The van der Waals surface area contributed by atoms with Gasteiger partial charge in [-0.3, -0.25) is 38.4 Å². The fraction of sp³-hybridized carbons (Fsp3) is 0.857. The smallest absolute Gasteiger partial charge is 0.342 e. The van der Waals surface area contributed by atoms with Crippen molar-refractivity contribution < 1.29 is 94.6 Å². The first-order valence-electron chi connectivity index (χ1n) is 28.7. The minimum atomic E-state index is -4.09. The first-order valence-corrected chi connectivity index (χ1v) is 30.9. The van der Waals surface area contributed by atoms with Crippen molar-refractivity contribution in [1.29, 1.82) is 0 Å². The molecule has 2 rings (SSSR count). The van der Waals surface area contributed by atoms with Gasteiger partial charge in [0.1, 0.15) is 25.4 Å². The van der Waals surface area contributed by atoms with Crippen molar-refractivity contribution in [1.82, 2.24) is 0 Å². The summed E-state index contributed by atoms with van der Waals surface area (Å²) in [7, 11) is -4.09. The molecular weight excluding hydrogens is 1020 g/mol. The number of carbonyl (C=O) groups is 8. The lowest BCUT2D eigenvalue weighted by Crippen LogP contribution is -2.67. The van der Waals surface area contributed by atoms with Crippen LogP contribution in [0.2, 0.25) is 12.1 Å². The summed E-state index contributed by atoms with van der Waals surface area (Å²) in [6, 6.07) is 0.477. The molecular formula is C56H96O20Si. The van der Waals surface area contributed by atoms with Crippen LogP contribution in [0.4, 0.5) is 0 Å². The summed E-state index contributed by atoms with van der Waals surface area (Å²) in [5, 5.41) is 0. The number of unbranched alkanes of at least 4 members (excludes halogenated alkanes) is 22. The predicted octanol–water partition coefficient (Wildman–Crippen LogP) is 10.0. The van der Waals surface area contributed by atoms with E-state index in [1.165, 1.54) is 90.9 Å². The molecule has 0 saturated carbocycles. The Morgan fingerprint density at radius 1 is 0.312 bits per heavy atom. The standard InChI is InChI=1S/C56H96O20Si/c1-11-13-15-17-19-21-23-25-27-29-31-33-35-77(36-34-32-30-28-26-24-22-20-18-16-14-12-2,75-55-53(71-45(9)63)51(69-43(7)61)49(67-41(5)59)47(73-55)37-65-39(3)57)76-56-54(72-46(10)64)52(70-44(8)62)50(68-42(6)60)48(74-56)38-66-40(4)58/h47-56H,11-38H2,1-10H3/t47-,48-,49-,50-,51+,52+,53-,54-,55+,56+/m1/s1. The van der Waals surface area contributed by atoms with Crippen molar-refractivity contribution in [3.05, 3.63) is 0 Å². The number of ether oxygens (including phenoxy) is 10. The molecule has 10 atom stereocenters. The summed E-state index contributed by atoms with van der Waals surface area (Å²) in [5.41, 5.74) is 0. The molecule has 0 unspecified atom stereocenters. The Bertz CT molecular complexity index is 1640. The Kier molecular flexibility index (Phi) is 35.1. The normalized spacial score (nSPS) is 23.2. The number of rotatable bonds is 40. The van der Waals surface area contributed by atoms with Crippen molar-refractivity contribution >= 4 is 56.3 Å². The van der Waals surface area contributed by atoms with Crippen LogP contribution < -0.4 is 0 Å². The molecule has 20 nitrogen and oxygen atoms in total. The number of carbonyl (C=O) groups excluding carboxylic acids is 8. The van der Waals surface area contributed by atoms with Gasteiger partial charge in [-0.1, -0.05) is 168 Å². The molecule has 0 aliphatic carbocycles. The lowest BCUT2D eigenvalue weighted by molar-refractivity contribution is -0.308. The Labute approximate surface area is 459 Å². The van der Waals surface area contributed by atoms with Crippen LogP contribution in [0.1, 0.15) is 223 Å². The summed E-state index contributed by atoms with van der Waals surface area (Å²) >= 11 is 0. The van der Waals surface area contributed by atoms with Gasteiger partial charge in [0.05, 0.1) is 0 Å². The van der Waals surface area contributed by atoms with Gasteiger partial charge >= 0.3 is 56.3 Å². The third-order valence-electron chi connectivity index (χ3n) is 13.4. The largest absolute Gasteiger partial charge is 0.463 e. The zero-order valence-corrected chi connectivity index (χ0v) is 49.2. The third-order valence-corrected chi connectivity index (χ3v) is 16.9. The van der Waals surface area contributed by atoms with Crippen LogP contribution in [0.5, 0.6) is 0 Å². The van der Waals surface area contributed by atoms with Gasteiger partial charge < -0.3 is 56.2 Å². The molecule has 2 aliphatic heterocycles. The molecule has 444 valence electrons. The molecule has 2 aliphatic rings. The SMILES string of the molecule is CCCCCCCCCCCCCC[Si](CCCCCCCCCCCCCC)(O[C@@H]1O[C@H](COC(C)=O)[C@@H](OC(C)=O)[C@H](OC(C)=O)[C@H]1OC(C)=O)O[C@@H]1O[C@H](COC(C)=O)[C@@H](OC(C)=O)[C@H](OC(C)=O)[C@H]1OC(C)=O. The quantitative estimate of drug-likeness (QED) is 0.0239. The summed E-state index contributed by atoms with van der Waals surface area (Å²) in [6.45, 7) is 12.5. The maximum absolute atomic E-state index is 13.1. The fourth-order valence-corrected chi connectivity index (χ4v) is 13.4. The molecule has 0 aromatic carbocycles. The first-order chi connectivity index (χ1) is 36.7. The lowest BCUT2D eigenvalue weighted by atomic mass is 9.98. The van der Waals surface area contributed by atoms with E-state index in [4.69, 9.17) is 56.2 Å². The Balaban J connectivity index is 2.83. The Morgan fingerprint density at radius 2 is 0.545 bits per heavy atom. The van der Waals surface area contributed by atoms with Crippen molar-refractivity contribution in [2.45, 2.75) is 297 Å². The molecule has 0 bridgehead atoms. The van der Waals surface area contributed by atoms with E-state index in [9.17, 15) is 38.4 Å². The molecule has 0 N–H and O–H groups in total. The van der Waals surface area contributed by atoms with E-state index in [1.54, 1.807) is 0 Å². The van der Waals surface area contributed by atoms with Crippen LogP contribution in [0.15, 0.2) is 0 Å². The summed E-state index contributed by atoms with van der Waals surface area (Å²) in [6.07, 6.45) is 10.1. The average Bonchev–Trinajstić information content (AvgIpc) is 3.33. The highest BCUT2D eigenvalue weighted by molar-refractivity contribution is 6.67. The molecule has 2 fully saturated rings. The van der Waals surface area contributed by atoms with Crippen LogP contribution in [0.3, 0.4) is 0 Å². The van der Waals surface area contributed by atoms with E-state index in [-0.39, 0.29) is 12.1 Å². The van der Waals surface area contributed by atoms with Gasteiger partial charge in [0.15, 0.2) is 49.2 Å². The van der Waals surface area contributed by atoms with Gasteiger partial charge in [-0.05, 0) is 12.1 Å². The van der Waals surface area contributed by atoms with Crippen molar-refractivity contribution in [3.63, 3.8) is 0 Å². The maximum Gasteiger partial charge on any atom is 0.342 e. The average molecular weight is 1120 g/mol. The molecule has 0 amide bonds. The van der Waals surface area contributed by atoms with Gasteiger partial charge in [-0.15, -0.1) is 0 Å². The van der Waals surface area contributed by atoms with Crippen molar-refractivity contribution in [3.8, 4) is 0 Å². The molecule has 0 aromatic rings. The van der Waals surface area contributed by atoms with Crippen LogP contribution in [-0.4, -0.2) is 131 Å². The number of esters is 8. The van der Waals surface area contributed by atoms with E-state index in [1.807, 2.05) is 0 Å². The van der Waals surface area contributed by atoms with E-state index in [0.717, 1.165) is 106 Å². The first kappa shape index (κ1) is 68.9. The second kappa shape index (κ2) is 39.2. The maximum atomic E-state index is 13.1. The minimum absolute atomic E-state index is 0.238. The van der Waals surface area contributed by atoms with Gasteiger partial charge in [-0.2, -0.15) is 0 Å². The van der Waals surface area contributed by atoms with Gasteiger partial charge in [0.2, 0.25) is 0 Å². The summed E-state index contributed by atoms with van der Waals surface area (Å²) in [5.74, 6) is -6.35. The Hall–Kier alpha value is -4.18. The lowest BCUT2D eigenvalue weighted by Gasteiger charge is -2.49. The monoisotopic (exact) mass is 1120 g/mol. The molecule has 0 aromatic heterocycles. The molecule has 0 spiro atoms. The minimum Gasteiger partial charge on any atom is -0.463 e. The van der Waals surface area contributed by atoms with Gasteiger partial charge in [0.25, 0.3) is 0 Å². The van der Waals surface area contributed by atoms with E-state index in [0.29, 0.717) is 12.8 Å². The van der Waals surface area contributed by atoms with E-state index >= 15 is 0 Å². The van der Waals surface area contributed by atoms with Gasteiger partial charge in [-0.25, -0.2) is 0 Å². The fourth-order valence-electron chi connectivity index (χ4n) is 9.85. The van der Waals surface area contributed by atoms with E-state index in [2.05, 4.69) is 13.8 Å². The zero-order chi connectivity index (χ0) is 57.2. The number of hydrogen-bond donors (Lipinski definition) is 0. The second-order valence-electron chi connectivity index (χ2n) is 20.6. The van der Waals surface area contributed by atoms with E-state index < -0.39 is 131 Å². The molecule has 77 heavy (non-hydrogen) atoms. The summed E-state index contributed by atoms with van der Waals surface area (Å²) < 4.78 is 73.0. The molecule has 2 saturated heterocycles. The predicted molar refractivity (Wildman–Crippen MR) is 284 cm³/mol. The van der Waals surface area contributed by atoms with Crippen molar-refractivity contribution in [2.24, 2.45) is 0 Å². The van der Waals surface area contributed by atoms with Crippen LogP contribution in [0, 0.1) is 0 Å². The van der Waals surface area contributed by atoms with Crippen molar-refractivity contribution in [2.75, 3.05) is 13.2 Å². The van der Waals surface area contributed by atoms with Gasteiger partial charge in [0, 0.05) is 55.4 Å². The third kappa shape index (κ3) is 29.0. The molecule has 0 radical (unpaired) electrons. The zero-order valence-electron chi connectivity index (χ0n) is 48.2. The molecule has 21 heteroatoms. The Morgan fingerprint density at radius 3 is 0.792 bits per heavy atom. The second-order valence-corrected chi connectivity index (χ2v) is 23.9.